The van der Waals surface area contributed by atoms with Crippen molar-refractivity contribution in [1.82, 2.24) is 4.57 Å². The summed E-state index contributed by atoms with van der Waals surface area (Å²) in [6.07, 6.45) is -4.68. The molecule has 2 aliphatic heterocycles. The van der Waals surface area contributed by atoms with Crippen LogP contribution in [0.15, 0.2) is 82.6 Å². The van der Waals surface area contributed by atoms with Crippen molar-refractivity contribution in [2.24, 2.45) is 5.92 Å². The van der Waals surface area contributed by atoms with Crippen molar-refractivity contribution < 1.29 is 37.0 Å². The van der Waals surface area contributed by atoms with Gasteiger partial charge in [0.25, 0.3) is 0 Å². The van der Waals surface area contributed by atoms with Crippen LogP contribution in [0.2, 0.25) is 0 Å². The molecule has 3 aromatic carbocycles. The van der Waals surface area contributed by atoms with E-state index in [0.717, 1.165) is 46.2 Å². The molecule has 1 N–H and O–H groups in total. The Morgan fingerprint density at radius 2 is 1.56 bits per heavy atom. The second-order valence-corrected chi connectivity index (χ2v) is 12.4. The third-order valence-electron chi connectivity index (χ3n) is 7.63. The summed E-state index contributed by atoms with van der Waals surface area (Å²) >= 11 is 1.84. The summed E-state index contributed by atoms with van der Waals surface area (Å²) in [6.45, 7) is -0.365. The number of imide groups is 1. The number of anilines is 2. The molecule has 3 amide bonds. The smallest absolute Gasteiger partial charge is 0.416 e. The molecule has 1 aromatic heterocycles. The first-order valence-corrected chi connectivity index (χ1v) is 15.2. The minimum atomic E-state index is -4.68. The van der Waals surface area contributed by atoms with E-state index in [-0.39, 0.29) is 12.2 Å². The Labute approximate surface area is 262 Å². The van der Waals surface area contributed by atoms with Crippen LogP contribution in [0.1, 0.15) is 21.9 Å². The van der Waals surface area contributed by atoms with Crippen molar-refractivity contribution in [3.63, 3.8) is 0 Å². The molecule has 3 atom stereocenters. The highest BCUT2D eigenvalue weighted by atomic mass is 32.2. The Morgan fingerprint density at radius 1 is 0.911 bits per heavy atom. The standard InChI is InChI=1S/C31H24F3N3O6S2/c1-42-20-10-6-16(7-11-20)23-24-25(28(40)37(27(24)39)19-5-3-4-17(14-19)31(32,33)34)44-29-26(23)45-30(41)36(29)15-22(38)35-18-8-12-21(43-2)13-9-18/h3-14,23-25H,15H2,1-2H3,(H,35,38). The van der Waals surface area contributed by atoms with E-state index in [1.807, 2.05) is 0 Å². The average molecular weight is 656 g/mol. The van der Waals surface area contributed by atoms with Crippen LogP contribution in [0, 0.1) is 5.92 Å². The summed E-state index contributed by atoms with van der Waals surface area (Å²) in [7, 11) is 3.01. The Balaban J connectivity index is 1.39. The summed E-state index contributed by atoms with van der Waals surface area (Å²) in [5, 5.41) is 2.03. The molecule has 2 aliphatic rings. The summed E-state index contributed by atoms with van der Waals surface area (Å²) < 4.78 is 52.2. The predicted molar refractivity (Wildman–Crippen MR) is 162 cm³/mol. The van der Waals surface area contributed by atoms with Crippen molar-refractivity contribution in [3.8, 4) is 11.5 Å². The van der Waals surface area contributed by atoms with Gasteiger partial charge in [0.15, 0.2) is 0 Å². The highest BCUT2D eigenvalue weighted by Gasteiger charge is 2.57. The van der Waals surface area contributed by atoms with Gasteiger partial charge in [-0.25, -0.2) is 4.90 Å². The van der Waals surface area contributed by atoms with Crippen molar-refractivity contribution in [3.05, 3.63) is 98.5 Å². The molecule has 4 aromatic rings. The van der Waals surface area contributed by atoms with Gasteiger partial charge in [0.1, 0.15) is 23.3 Å². The van der Waals surface area contributed by atoms with E-state index in [1.165, 1.54) is 24.9 Å². The Morgan fingerprint density at radius 3 is 2.18 bits per heavy atom. The molecule has 0 saturated carbocycles. The van der Waals surface area contributed by atoms with Gasteiger partial charge in [0.2, 0.25) is 17.7 Å². The van der Waals surface area contributed by atoms with Crippen LogP contribution in [-0.4, -0.2) is 41.8 Å². The number of carbonyl (C=O) groups excluding carboxylic acids is 3. The maximum atomic E-state index is 14.0. The summed E-state index contributed by atoms with van der Waals surface area (Å²) in [6, 6.07) is 17.5. The Hall–Kier alpha value is -4.56. The van der Waals surface area contributed by atoms with Crippen LogP contribution < -0.4 is 24.6 Å². The molecular weight excluding hydrogens is 631 g/mol. The first-order valence-electron chi connectivity index (χ1n) is 13.5. The summed E-state index contributed by atoms with van der Waals surface area (Å²) in [5.41, 5.74) is -0.0980. The highest BCUT2D eigenvalue weighted by molar-refractivity contribution is 8.00. The molecule has 0 aliphatic carbocycles. The number of halogens is 3. The van der Waals surface area contributed by atoms with Crippen LogP contribution in [0.25, 0.3) is 0 Å². The minimum Gasteiger partial charge on any atom is -0.497 e. The SMILES string of the molecule is COc1ccc(NC(=O)Cn2c3c(sc2=O)C(c2ccc(OC)cc2)C2C(=O)N(c4cccc(C(F)(F)F)c4)C(=O)C2S3)cc1. The first kappa shape index (κ1) is 30.5. The molecule has 0 radical (unpaired) electrons. The maximum absolute atomic E-state index is 14.0. The Bertz CT molecular complexity index is 1850. The molecule has 45 heavy (non-hydrogen) atoms. The lowest BCUT2D eigenvalue weighted by atomic mass is 9.83. The van der Waals surface area contributed by atoms with Crippen molar-refractivity contribution in [2.75, 3.05) is 24.4 Å². The molecule has 9 nitrogen and oxygen atoms in total. The largest absolute Gasteiger partial charge is 0.497 e. The van der Waals surface area contributed by atoms with Crippen LogP contribution in [-0.2, 0) is 27.1 Å². The second-order valence-electron chi connectivity index (χ2n) is 10.3. The molecule has 1 saturated heterocycles. The number of hydrogen-bond donors (Lipinski definition) is 1. The first-order chi connectivity index (χ1) is 21.5. The van der Waals surface area contributed by atoms with E-state index in [1.54, 1.807) is 48.5 Å². The van der Waals surface area contributed by atoms with E-state index in [2.05, 4.69) is 5.32 Å². The number of benzene rings is 3. The third kappa shape index (κ3) is 5.59. The van der Waals surface area contributed by atoms with Gasteiger partial charge in [-0.3, -0.25) is 23.7 Å². The van der Waals surface area contributed by atoms with Crippen molar-refractivity contribution in [2.45, 2.75) is 28.9 Å². The summed E-state index contributed by atoms with van der Waals surface area (Å²) in [4.78, 5) is 55.0. The van der Waals surface area contributed by atoms with E-state index in [9.17, 15) is 32.3 Å². The zero-order chi connectivity index (χ0) is 32.0. The van der Waals surface area contributed by atoms with E-state index in [0.29, 0.717) is 32.7 Å². The molecule has 0 spiro atoms. The number of rotatable bonds is 7. The van der Waals surface area contributed by atoms with Gasteiger partial charge in [-0.05, 0) is 60.2 Å². The number of amides is 3. The zero-order valence-electron chi connectivity index (χ0n) is 23.7. The number of thiazole rings is 1. The molecule has 1 fully saturated rings. The topological polar surface area (TPSA) is 107 Å². The number of alkyl halides is 3. The highest BCUT2D eigenvalue weighted by Crippen LogP contribution is 2.54. The number of aromatic nitrogens is 1. The van der Waals surface area contributed by atoms with Gasteiger partial charge in [0, 0.05) is 16.5 Å². The fraction of sp³-hybridized carbons (Fsp3) is 0.226. The van der Waals surface area contributed by atoms with Crippen LogP contribution in [0.3, 0.4) is 0 Å². The normalized spacial score (nSPS) is 19.2. The number of methoxy groups -OCH3 is 2. The number of thioether (sulfide) groups is 1. The molecule has 3 unspecified atom stereocenters. The minimum absolute atomic E-state index is 0.192. The van der Waals surface area contributed by atoms with Crippen molar-refractivity contribution in [1.29, 1.82) is 0 Å². The van der Waals surface area contributed by atoms with Crippen LogP contribution in [0.5, 0.6) is 11.5 Å². The van der Waals surface area contributed by atoms with Gasteiger partial charge >= 0.3 is 11.0 Å². The van der Waals surface area contributed by atoms with Gasteiger partial charge in [-0.15, -0.1) is 0 Å². The second kappa shape index (κ2) is 11.7. The fourth-order valence-electron chi connectivity index (χ4n) is 5.52. The quantitative estimate of drug-likeness (QED) is 0.267. The van der Waals surface area contributed by atoms with E-state index < -0.39 is 51.4 Å². The number of fused-ring (bicyclic) bond motifs is 2. The predicted octanol–water partition coefficient (Wildman–Crippen LogP) is 5.38. The fourth-order valence-corrected chi connectivity index (χ4v) is 8.29. The number of nitrogens with zero attached hydrogens (tertiary/aromatic N) is 2. The molecule has 3 heterocycles. The third-order valence-corrected chi connectivity index (χ3v) is 10.2. The van der Waals surface area contributed by atoms with E-state index >= 15 is 0 Å². The molecule has 6 rings (SSSR count). The molecule has 0 bridgehead atoms. The number of ether oxygens (including phenoxy) is 2. The average Bonchev–Trinajstić information content (AvgIpc) is 3.47. The van der Waals surface area contributed by atoms with Crippen molar-refractivity contribution >= 4 is 52.2 Å². The van der Waals surface area contributed by atoms with Crippen LogP contribution >= 0.6 is 23.1 Å². The number of hydrogen-bond acceptors (Lipinski definition) is 8. The zero-order valence-corrected chi connectivity index (χ0v) is 25.3. The van der Waals surface area contributed by atoms with Gasteiger partial charge < -0.3 is 14.8 Å². The van der Waals surface area contributed by atoms with E-state index in [4.69, 9.17) is 9.47 Å². The lowest BCUT2D eigenvalue weighted by molar-refractivity contribution is -0.137. The number of carbonyl (C=O) groups is 3. The van der Waals surface area contributed by atoms with Gasteiger partial charge in [-0.2, -0.15) is 13.2 Å². The lowest BCUT2D eigenvalue weighted by Crippen LogP contribution is -2.33. The molecule has 232 valence electrons. The molecular formula is C31H24F3N3O6S2. The molecule has 14 heteroatoms. The number of nitrogens with one attached hydrogen (secondary N) is 1. The van der Waals surface area contributed by atoms with Gasteiger partial charge in [0.05, 0.1) is 36.4 Å². The Kier molecular flexibility index (Phi) is 7.95. The summed E-state index contributed by atoms with van der Waals surface area (Å²) in [5.74, 6) is -2.53. The maximum Gasteiger partial charge on any atom is 0.416 e. The van der Waals surface area contributed by atoms with Gasteiger partial charge in [-0.1, -0.05) is 41.3 Å². The lowest BCUT2D eigenvalue weighted by Gasteiger charge is -2.30. The van der Waals surface area contributed by atoms with Crippen LogP contribution in [0.4, 0.5) is 24.5 Å². The monoisotopic (exact) mass is 655 g/mol.